The summed E-state index contributed by atoms with van der Waals surface area (Å²) in [4.78, 5) is 23.7. The smallest absolute Gasteiger partial charge is 0.410 e. The molecule has 1 aliphatic heterocycles. The Hall–Kier alpha value is -1.06. The van der Waals surface area contributed by atoms with E-state index >= 15 is 0 Å². The number of amides is 1. The first-order chi connectivity index (χ1) is 6.92. The number of nitrogens with zero attached hydrogens (tertiary/aromatic N) is 1. The van der Waals surface area contributed by atoms with E-state index in [4.69, 9.17) is 4.74 Å². The van der Waals surface area contributed by atoms with Crippen molar-refractivity contribution in [3.05, 3.63) is 0 Å². The Balaban J connectivity index is 2.49. The molecule has 0 aromatic heterocycles. The van der Waals surface area contributed by atoms with Crippen LogP contribution in [0.4, 0.5) is 4.79 Å². The standard InChI is InChI=1S/C11H18NO3/c1-11(2,3)15-10(14)12-6-4-5-9(7-12)8-13/h9H,4-7H2,1-3H3. The van der Waals surface area contributed by atoms with Crippen molar-refractivity contribution in [3.63, 3.8) is 0 Å². The van der Waals surface area contributed by atoms with Crippen LogP contribution in [0.1, 0.15) is 33.6 Å². The van der Waals surface area contributed by atoms with Gasteiger partial charge in [-0.25, -0.2) is 4.79 Å². The van der Waals surface area contributed by atoms with Gasteiger partial charge in [-0.05, 0) is 33.6 Å². The number of likely N-dealkylation sites (tertiary alicyclic amines) is 1. The monoisotopic (exact) mass is 212 g/mol. The Bertz CT molecular complexity index is 245. The molecule has 0 aliphatic carbocycles. The van der Waals surface area contributed by atoms with Crippen LogP contribution in [-0.2, 0) is 9.53 Å². The fourth-order valence-electron chi connectivity index (χ4n) is 1.57. The van der Waals surface area contributed by atoms with Crippen molar-refractivity contribution in [1.82, 2.24) is 4.90 Å². The van der Waals surface area contributed by atoms with Crippen LogP contribution in [0.15, 0.2) is 0 Å². The van der Waals surface area contributed by atoms with Gasteiger partial charge in [0.2, 0.25) is 6.29 Å². The second-order valence-electron chi connectivity index (χ2n) is 4.88. The van der Waals surface area contributed by atoms with Gasteiger partial charge in [0.1, 0.15) is 5.60 Å². The molecule has 1 atom stereocenters. The SMILES string of the molecule is CC(C)(C)OC(=O)N1CCCC([C]=O)C1. The third-order valence-corrected chi connectivity index (χ3v) is 2.24. The highest BCUT2D eigenvalue weighted by Crippen LogP contribution is 2.17. The highest BCUT2D eigenvalue weighted by molar-refractivity contribution is 5.69. The molecule has 0 spiro atoms. The number of hydrogen-bond acceptors (Lipinski definition) is 3. The first-order valence-corrected chi connectivity index (χ1v) is 5.28. The van der Waals surface area contributed by atoms with Crippen LogP contribution in [-0.4, -0.2) is 36.0 Å². The molecule has 1 rings (SSSR count). The fourth-order valence-corrected chi connectivity index (χ4v) is 1.57. The molecule has 1 heterocycles. The number of piperidine rings is 1. The molecule has 1 fully saturated rings. The van der Waals surface area contributed by atoms with Gasteiger partial charge in [-0.1, -0.05) is 0 Å². The van der Waals surface area contributed by atoms with Gasteiger partial charge < -0.3 is 9.64 Å². The normalized spacial score (nSPS) is 22.3. The average molecular weight is 212 g/mol. The summed E-state index contributed by atoms with van der Waals surface area (Å²) in [6, 6.07) is 0. The van der Waals surface area contributed by atoms with Crippen molar-refractivity contribution >= 4 is 12.4 Å². The van der Waals surface area contributed by atoms with Crippen LogP contribution >= 0.6 is 0 Å². The second-order valence-corrected chi connectivity index (χ2v) is 4.88. The molecule has 4 nitrogen and oxygen atoms in total. The molecule has 1 unspecified atom stereocenters. The summed E-state index contributed by atoms with van der Waals surface area (Å²) in [5.41, 5.74) is -0.477. The molecule has 85 valence electrons. The van der Waals surface area contributed by atoms with E-state index in [2.05, 4.69) is 0 Å². The van der Waals surface area contributed by atoms with Gasteiger partial charge in [-0.3, -0.25) is 4.79 Å². The highest BCUT2D eigenvalue weighted by atomic mass is 16.6. The maximum atomic E-state index is 11.6. The summed E-state index contributed by atoms with van der Waals surface area (Å²) in [5.74, 6) is -0.147. The fraction of sp³-hybridized carbons (Fsp3) is 0.818. The molecule has 1 radical (unpaired) electrons. The van der Waals surface area contributed by atoms with Crippen LogP contribution in [0.25, 0.3) is 0 Å². The summed E-state index contributed by atoms with van der Waals surface area (Å²) in [6.07, 6.45) is 3.29. The molecule has 0 N–H and O–H groups in total. The minimum atomic E-state index is -0.477. The zero-order valence-corrected chi connectivity index (χ0v) is 9.58. The van der Waals surface area contributed by atoms with Crippen molar-refractivity contribution in [1.29, 1.82) is 0 Å². The Kier molecular flexibility index (Phi) is 3.72. The topological polar surface area (TPSA) is 46.6 Å². The molecule has 0 bridgehead atoms. The molecular formula is C11H18NO3. The number of rotatable bonds is 1. The summed E-state index contributed by atoms with van der Waals surface area (Å²) >= 11 is 0. The summed E-state index contributed by atoms with van der Waals surface area (Å²) in [5, 5.41) is 0. The quantitative estimate of drug-likeness (QED) is 0.665. The molecule has 1 aliphatic rings. The molecule has 0 saturated carbocycles. The van der Waals surface area contributed by atoms with Gasteiger partial charge >= 0.3 is 6.09 Å². The van der Waals surface area contributed by atoms with E-state index in [-0.39, 0.29) is 12.0 Å². The zero-order valence-electron chi connectivity index (χ0n) is 9.58. The summed E-state index contributed by atoms with van der Waals surface area (Å²) < 4.78 is 5.23. The van der Waals surface area contributed by atoms with Gasteiger partial charge in [0.25, 0.3) is 0 Å². The highest BCUT2D eigenvalue weighted by Gasteiger charge is 2.27. The van der Waals surface area contributed by atoms with Crippen LogP contribution in [0.3, 0.4) is 0 Å². The van der Waals surface area contributed by atoms with E-state index in [1.54, 1.807) is 4.90 Å². The second kappa shape index (κ2) is 4.64. The van der Waals surface area contributed by atoms with Crippen molar-refractivity contribution < 1.29 is 14.3 Å². The van der Waals surface area contributed by atoms with Gasteiger partial charge in [0.05, 0.1) is 0 Å². The maximum Gasteiger partial charge on any atom is 0.410 e. The van der Waals surface area contributed by atoms with Crippen LogP contribution in [0.5, 0.6) is 0 Å². The Morgan fingerprint density at radius 1 is 1.47 bits per heavy atom. The lowest BCUT2D eigenvalue weighted by molar-refractivity contribution is 0.0193. The molecule has 4 heteroatoms. The summed E-state index contributed by atoms with van der Waals surface area (Å²) in [7, 11) is 0. The van der Waals surface area contributed by atoms with E-state index in [0.29, 0.717) is 13.1 Å². The third-order valence-electron chi connectivity index (χ3n) is 2.24. The maximum absolute atomic E-state index is 11.6. The lowest BCUT2D eigenvalue weighted by atomic mass is 10.0. The zero-order chi connectivity index (χ0) is 11.5. The van der Waals surface area contributed by atoms with E-state index in [1.165, 1.54) is 0 Å². The van der Waals surface area contributed by atoms with Crippen LogP contribution in [0, 0.1) is 5.92 Å². The van der Waals surface area contributed by atoms with Crippen molar-refractivity contribution in [2.24, 2.45) is 5.92 Å². The lowest BCUT2D eigenvalue weighted by Gasteiger charge is -2.31. The first kappa shape index (κ1) is 12.0. The van der Waals surface area contributed by atoms with Gasteiger partial charge in [0, 0.05) is 19.0 Å². The average Bonchev–Trinajstić information content (AvgIpc) is 2.15. The molecule has 1 amide bonds. The number of carbonyl (C=O) groups excluding carboxylic acids is 2. The molecule has 1 saturated heterocycles. The van der Waals surface area contributed by atoms with Crippen molar-refractivity contribution in [2.75, 3.05) is 13.1 Å². The molecule has 15 heavy (non-hydrogen) atoms. The van der Waals surface area contributed by atoms with E-state index in [0.717, 1.165) is 12.8 Å². The Labute approximate surface area is 90.6 Å². The molecule has 0 aromatic rings. The van der Waals surface area contributed by atoms with Gasteiger partial charge in [-0.15, -0.1) is 0 Å². The third kappa shape index (κ3) is 3.90. The minimum Gasteiger partial charge on any atom is -0.444 e. The van der Waals surface area contributed by atoms with Crippen molar-refractivity contribution in [3.8, 4) is 0 Å². The van der Waals surface area contributed by atoms with E-state index in [9.17, 15) is 9.59 Å². The number of ether oxygens (including phenoxy) is 1. The largest absolute Gasteiger partial charge is 0.444 e. The predicted octanol–water partition coefficient (Wildman–Crippen LogP) is 1.74. The predicted molar refractivity (Wildman–Crippen MR) is 56.2 cm³/mol. The Morgan fingerprint density at radius 3 is 2.67 bits per heavy atom. The molecular weight excluding hydrogens is 194 g/mol. The molecule has 0 aromatic carbocycles. The van der Waals surface area contributed by atoms with Crippen LogP contribution in [0.2, 0.25) is 0 Å². The van der Waals surface area contributed by atoms with Gasteiger partial charge in [0.15, 0.2) is 0 Å². The van der Waals surface area contributed by atoms with Crippen molar-refractivity contribution in [2.45, 2.75) is 39.2 Å². The number of hydrogen-bond donors (Lipinski definition) is 0. The van der Waals surface area contributed by atoms with Crippen LogP contribution < -0.4 is 0 Å². The van der Waals surface area contributed by atoms with E-state index < -0.39 is 5.60 Å². The lowest BCUT2D eigenvalue weighted by Crippen LogP contribution is -2.43. The van der Waals surface area contributed by atoms with E-state index in [1.807, 2.05) is 27.1 Å². The summed E-state index contributed by atoms with van der Waals surface area (Å²) in [6.45, 7) is 6.61. The first-order valence-electron chi connectivity index (χ1n) is 5.28. The number of carbonyl (C=O) groups is 1. The van der Waals surface area contributed by atoms with Gasteiger partial charge in [-0.2, -0.15) is 0 Å². The minimum absolute atomic E-state index is 0.147. The Morgan fingerprint density at radius 2 is 2.13 bits per heavy atom.